The van der Waals surface area contributed by atoms with E-state index in [9.17, 15) is 9.59 Å². The highest BCUT2D eigenvalue weighted by atomic mass is 16.3. The van der Waals surface area contributed by atoms with Gasteiger partial charge in [-0.1, -0.05) is 12.1 Å². The molecule has 0 saturated carbocycles. The van der Waals surface area contributed by atoms with Gasteiger partial charge in [-0.05, 0) is 24.1 Å². The zero-order valence-electron chi connectivity index (χ0n) is 8.85. The van der Waals surface area contributed by atoms with Crippen molar-refractivity contribution in [1.82, 2.24) is 0 Å². The molecule has 0 aliphatic carbocycles. The SMILES string of the molecule is O=C1CC(=O)N(c2ccc(CCO)cc2)C1. The van der Waals surface area contributed by atoms with Crippen molar-refractivity contribution in [3.8, 4) is 0 Å². The summed E-state index contributed by atoms with van der Waals surface area (Å²) in [6.07, 6.45) is 0.617. The second-order valence-corrected chi connectivity index (χ2v) is 3.84. The number of hydrogen-bond acceptors (Lipinski definition) is 3. The van der Waals surface area contributed by atoms with Crippen molar-refractivity contribution in [3.05, 3.63) is 29.8 Å². The molecule has 2 rings (SSSR count). The number of ketones is 1. The summed E-state index contributed by atoms with van der Waals surface area (Å²) >= 11 is 0. The maximum atomic E-state index is 11.5. The first-order valence-electron chi connectivity index (χ1n) is 5.22. The molecule has 84 valence electrons. The number of aliphatic hydroxyl groups is 1. The van der Waals surface area contributed by atoms with Gasteiger partial charge in [-0.25, -0.2) is 0 Å². The number of carbonyl (C=O) groups is 2. The molecule has 1 amide bonds. The molecular weight excluding hydrogens is 206 g/mol. The summed E-state index contributed by atoms with van der Waals surface area (Å²) < 4.78 is 0. The average molecular weight is 219 g/mol. The van der Waals surface area contributed by atoms with Crippen molar-refractivity contribution in [3.63, 3.8) is 0 Å². The number of hydrogen-bond donors (Lipinski definition) is 1. The number of benzene rings is 1. The van der Waals surface area contributed by atoms with Crippen LogP contribution in [-0.2, 0) is 16.0 Å². The number of Topliss-reactive ketones (excluding diaryl/α,β-unsaturated/α-hetero) is 1. The number of rotatable bonds is 3. The second-order valence-electron chi connectivity index (χ2n) is 3.84. The fraction of sp³-hybridized carbons (Fsp3) is 0.333. The molecule has 1 aromatic rings. The zero-order valence-corrected chi connectivity index (χ0v) is 8.85. The lowest BCUT2D eigenvalue weighted by Crippen LogP contribution is -2.24. The molecule has 0 spiro atoms. The van der Waals surface area contributed by atoms with Crippen LogP contribution in [0, 0.1) is 0 Å². The van der Waals surface area contributed by atoms with Gasteiger partial charge in [-0.15, -0.1) is 0 Å². The van der Waals surface area contributed by atoms with Crippen LogP contribution in [0.3, 0.4) is 0 Å². The van der Waals surface area contributed by atoms with Gasteiger partial charge in [0.05, 0.1) is 13.0 Å². The Morgan fingerprint density at radius 1 is 1.19 bits per heavy atom. The van der Waals surface area contributed by atoms with E-state index in [-0.39, 0.29) is 31.3 Å². The molecule has 1 aromatic carbocycles. The number of amides is 1. The smallest absolute Gasteiger partial charge is 0.234 e. The summed E-state index contributed by atoms with van der Waals surface area (Å²) in [5.41, 5.74) is 1.77. The van der Waals surface area contributed by atoms with E-state index in [1.54, 1.807) is 0 Å². The van der Waals surface area contributed by atoms with Crippen molar-refractivity contribution >= 4 is 17.4 Å². The first-order chi connectivity index (χ1) is 7.70. The van der Waals surface area contributed by atoms with Crippen LogP contribution in [0.25, 0.3) is 0 Å². The highest BCUT2D eigenvalue weighted by Gasteiger charge is 2.28. The van der Waals surface area contributed by atoms with Gasteiger partial charge in [-0.2, -0.15) is 0 Å². The van der Waals surface area contributed by atoms with Crippen LogP contribution in [0.4, 0.5) is 5.69 Å². The third-order valence-corrected chi connectivity index (χ3v) is 2.63. The Morgan fingerprint density at radius 2 is 1.88 bits per heavy atom. The van der Waals surface area contributed by atoms with Gasteiger partial charge in [0.2, 0.25) is 5.91 Å². The quantitative estimate of drug-likeness (QED) is 0.754. The van der Waals surface area contributed by atoms with Gasteiger partial charge in [-0.3, -0.25) is 9.59 Å². The summed E-state index contributed by atoms with van der Waals surface area (Å²) in [4.78, 5) is 24.1. The van der Waals surface area contributed by atoms with E-state index >= 15 is 0 Å². The molecule has 0 radical (unpaired) electrons. The lowest BCUT2D eigenvalue weighted by atomic mass is 10.1. The Hall–Kier alpha value is -1.68. The van der Waals surface area contributed by atoms with E-state index in [0.29, 0.717) is 6.42 Å². The first kappa shape index (κ1) is 10.8. The molecule has 0 bridgehead atoms. The number of nitrogens with zero attached hydrogens (tertiary/aromatic N) is 1. The molecule has 1 fully saturated rings. The minimum atomic E-state index is -0.139. The Balaban J connectivity index is 2.15. The number of anilines is 1. The van der Waals surface area contributed by atoms with Gasteiger partial charge in [0.15, 0.2) is 5.78 Å². The van der Waals surface area contributed by atoms with Crippen molar-refractivity contribution in [1.29, 1.82) is 0 Å². The molecule has 0 aromatic heterocycles. The van der Waals surface area contributed by atoms with Gasteiger partial charge in [0.25, 0.3) is 0 Å². The number of aliphatic hydroxyl groups excluding tert-OH is 1. The fourth-order valence-electron chi connectivity index (χ4n) is 1.79. The third-order valence-electron chi connectivity index (χ3n) is 2.63. The summed E-state index contributed by atoms with van der Waals surface area (Å²) in [5, 5.41) is 8.77. The summed E-state index contributed by atoms with van der Waals surface area (Å²) in [7, 11) is 0. The molecule has 4 heteroatoms. The maximum Gasteiger partial charge on any atom is 0.234 e. The van der Waals surface area contributed by atoms with Gasteiger partial charge in [0.1, 0.15) is 0 Å². The Labute approximate surface area is 93.5 Å². The second kappa shape index (κ2) is 4.45. The Bertz CT molecular complexity index is 411. The Kier molecular flexibility index (Phi) is 3.01. The van der Waals surface area contributed by atoms with Crippen LogP contribution in [0.2, 0.25) is 0 Å². The van der Waals surface area contributed by atoms with Crippen LogP contribution in [0.15, 0.2) is 24.3 Å². The van der Waals surface area contributed by atoms with Crippen molar-refractivity contribution in [2.75, 3.05) is 18.1 Å². The van der Waals surface area contributed by atoms with E-state index in [2.05, 4.69) is 0 Å². The van der Waals surface area contributed by atoms with Crippen LogP contribution in [-0.4, -0.2) is 29.9 Å². The fourth-order valence-corrected chi connectivity index (χ4v) is 1.79. The summed E-state index contributed by atoms with van der Waals surface area (Å²) in [6, 6.07) is 7.34. The molecule has 1 saturated heterocycles. The molecule has 0 unspecified atom stereocenters. The highest BCUT2D eigenvalue weighted by Crippen LogP contribution is 2.20. The molecular formula is C12H13NO3. The van der Waals surface area contributed by atoms with Crippen LogP contribution in [0.5, 0.6) is 0 Å². The van der Waals surface area contributed by atoms with Crippen LogP contribution >= 0.6 is 0 Å². The molecule has 1 N–H and O–H groups in total. The largest absolute Gasteiger partial charge is 0.396 e. The first-order valence-corrected chi connectivity index (χ1v) is 5.22. The maximum absolute atomic E-state index is 11.5. The zero-order chi connectivity index (χ0) is 11.5. The topological polar surface area (TPSA) is 57.6 Å². The van der Waals surface area contributed by atoms with Crippen LogP contribution in [0.1, 0.15) is 12.0 Å². The summed E-state index contributed by atoms with van der Waals surface area (Å²) in [5.74, 6) is -0.177. The van der Waals surface area contributed by atoms with Gasteiger partial charge in [0, 0.05) is 12.3 Å². The lowest BCUT2D eigenvalue weighted by Gasteiger charge is -2.14. The standard InChI is InChI=1S/C12H13NO3/c14-6-5-9-1-3-10(4-2-9)13-8-11(15)7-12(13)16/h1-4,14H,5-8H2. The van der Waals surface area contributed by atoms with E-state index in [1.807, 2.05) is 24.3 Å². The normalized spacial score (nSPS) is 15.9. The molecule has 16 heavy (non-hydrogen) atoms. The number of carbonyl (C=O) groups excluding carboxylic acids is 2. The molecule has 4 nitrogen and oxygen atoms in total. The predicted octanol–water partition coefficient (Wildman–Crippen LogP) is 0.527. The van der Waals surface area contributed by atoms with E-state index in [0.717, 1.165) is 11.3 Å². The van der Waals surface area contributed by atoms with Crippen molar-refractivity contribution in [2.24, 2.45) is 0 Å². The predicted molar refractivity (Wildman–Crippen MR) is 59.2 cm³/mol. The average Bonchev–Trinajstić information content (AvgIpc) is 2.59. The highest BCUT2D eigenvalue weighted by molar-refractivity contribution is 6.14. The van der Waals surface area contributed by atoms with Gasteiger partial charge < -0.3 is 10.0 Å². The van der Waals surface area contributed by atoms with Crippen LogP contribution < -0.4 is 4.90 Å². The minimum Gasteiger partial charge on any atom is -0.396 e. The molecule has 0 atom stereocenters. The third kappa shape index (κ3) is 2.12. The van der Waals surface area contributed by atoms with E-state index in [1.165, 1.54) is 4.90 Å². The minimum absolute atomic E-state index is 0.0123. The van der Waals surface area contributed by atoms with Gasteiger partial charge >= 0.3 is 0 Å². The Morgan fingerprint density at radius 3 is 2.38 bits per heavy atom. The lowest BCUT2D eigenvalue weighted by molar-refractivity contribution is -0.121. The molecule has 1 heterocycles. The van der Waals surface area contributed by atoms with Crippen molar-refractivity contribution in [2.45, 2.75) is 12.8 Å². The van der Waals surface area contributed by atoms with E-state index in [4.69, 9.17) is 5.11 Å². The monoisotopic (exact) mass is 219 g/mol. The van der Waals surface area contributed by atoms with E-state index < -0.39 is 0 Å². The molecule has 1 aliphatic heterocycles. The van der Waals surface area contributed by atoms with Crippen molar-refractivity contribution < 1.29 is 14.7 Å². The summed E-state index contributed by atoms with van der Waals surface area (Å²) in [6.45, 7) is 0.290. The molecule has 1 aliphatic rings.